The van der Waals surface area contributed by atoms with Crippen molar-refractivity contribution in [1.29, 1.82) is 0 Å². The van der Waals surface area contributed by atoms with E-state index in [0.717, 1.165) is 25.9 Å². The van der Waals surface area contributed by atoms with E-state index >= 15 is 0 Å². The van der Waals surface area contributed by atoms with E-state index in [9.17, 15) is 4.79 Å². The maximum absolute atomic E-state index is 12.3. The highest BCUT2D eigenvalue weighted by molar-refractivity contribution is 8.00. The Morgan fingerprint density at radius 3 is 3.16 bits per heavy atom. The highest BCUT2D eigenvalue weighted by Gasteiger charge is 2.22. The van der Waals surface area contributed by atoms with Gasteiger partial charge in [-0.15, -0.1) is 5.10 Å². The van der Waals surface area contributed by atoms with Gasteiger partial charge in [0.1, 0.15) is 0 Å². The number of amides is 1. The smallest absolute Gasteiger partial charge is 0.233 e. The number of carbonyl (C=O) groups excluding carboxylic acids is 1. The molecule has 1 saturated heterocycles. The monoisotopic (exact) mass is 365 g/mol. The Bertz CT molecular complexity index is 598. The number of nitrogens with zero attached hydrogens (tertiary/aromatic N) is 4. The fourth-order valence-corrected chi connectivity index (χ4v) is 4.03. The lowest BCUT2D eigenvalue weighted by molar-refractivity contribution is -0.120. The first-order chi connectivity index (χ1) is 12.2. The molecule has 2 unspecified atom stereocenters. The van der Waals surface area contributed by atoms with Crippen LogP contribution in [0.4, 0.5) is 0 Å². The molecule has 1 aromatic heterocycles. The van der Waals surface area contributed by atoms with Gasteiger partial charge >= 0.3 is 0 Å². The molecule has 1 fully saturated rings. The molecule has 138 valence electrons. The number of aromatic nitrogens is 4. The van der Waals surface area contributed by atoms with Gasteiger partial charge in [0.05, 0.1) is 17.9 Å². The number of rotatable bonds is 8. The summed E-state index contributed by atoms with van der Waals surface area (Å²) < 4.78 is 7.38. The van der Waals surface area contributed by atoms with Crippen molar-refractivity contribution in [2.45, 2.75) is 74.9 Å². The molecule has 1 amide bonds. The second kappa shape index (κ2) is 9.33. The summed E-state index contributed by atoms with van der Waals surface area (Å²) in [6.07, 6.45) is 10.5. The average Bonchev–Trinajstić information content (AvgIpc) is 3.29. The third kappa shape index (κ3) is 5.54. The minimum atomic E-state index is -0.227. The van der Waals surface area contributed by atoms with E-state index in [4.69, 9.17) is 4.74 Å². The molecule has 7 nitrogen and oxygen atoms in total. The van der Waals surface area contributed by atoms with E-state index < -0.39 is 0 Å². The predicted molar refractivity (Wildman–Crippen MR) is 96.3 cm³/mol. The second-order valence-corrected chi connectivity index (χ2v) is 8.00. The van der Waals surface area contributed by atoms with E-state index in [1.165, 1.54) is 43.0 Å². The molecule has 0 aromatic carbocycles. The normalized spacial score (nSPS) is 21.8. The van der Waals surface area contributed by atoms with Crippen LogP contribution in [-0.2, 0) is 16.1 Å². The SMILES string of the molecule is CC(Sc1nnnn1CC1CCCO1)C(=O)NCCC1=CCCCC1. The Balaban J connectivity index is 1.43. The maximum atomic E-state index is 12.3. The number of nitrogens with one attached hydrogen (secondary N) is 1. The first-order valence-corrected chi connectivity index (χ1v) is 10.1. The van der Waals surface area contributed by atoms with Crippen molar-refractivity contribution < 1.29 is 9.53 Å². The molecule has 3 rings (SSSR count). The van der Waals surface area contributed by atoms with E-state index in [1.807, 2.05) is 6.92 Å². The van der Waals surface area contributed by atoms with Crippen LogP contribution >= 0.6 is 11.8 Å². The van der Waals surface area contributed by atoms with Crippen molar-refractivity contribution >= 4 is 17.7 Å². The summed E-state index contributed by atoms with van der Waals surface area (Å²) in [4.78, 5) is 12.3. The lowest BCUT2D eigenvalue weighted by Gasteiger charge is -2.15. The zero-order valence-electron chi connectivity index (χ0n) is 14.8. The molecule has 1 aromatic rings. The van der Waals surface area contributed by atoms with Gasteiger partial charge in [-0.25, -0.2) is 4.68 Å². The zero-order valence-corrected chi connectivity index (χ0v) is 15.6. The molecular weight excluding hydrogens is 338 g/mol. The summed E-state index contributed by atoms with van der Waals surface area (Å²) >= 11 is 1.40. The number of ether oxygens (including phenoxy) is 1. The Kier molecular flexibility index (Phi) is 6.86. The fourth-order valence-electron chi connectivity index (χ4n) is 3.21. The summed E-state index contributed by atoms with van der Waals surface area (Å²) in [6, 6.07) is 0. The lowest BCUT2D eigenvalue weighted by Crippen LogP contribution is -2.32. The van der Waals surface area contributed by atoms with E-state index in [0.29, 0.717) is 18.2 Å². The molecule has 0 spiro atoms. The van der Waals surface area contributed by atoms with Crippen molar-refractivity contribution in [2.24, 2.45) is 0 Å². The van der Waals surface area contributed by atoms with Gasteiger partial charge in [-0.3, -0.25) is 4.79 Å². The van der Waals surface area contributed by atoms with Crippen molar-refractivity contribution in [2.75, 3.05) is 13.2 Å². The standard InChI is InChI=1S/C17H27N5O2S/c1-13(16(23)18-10-9-14-6-3-2-4-7-14)25-17-19-20-21-22(17)12-15-8-5-11-24-15/h6,13,15H,2-5,7-12H2,1H3,(H,18,23). The van der Waals surface area contributed by atoms with Crippen LogP contribution in [0.25, 0.3) is 0 Å². The zero-order chi connectivity index (χ0) is 17.5. The Morgan fingerprint density at radius 1 is 1.48 bits per heavy atom. The van der Waals surface area contributed by atoms with Gasteiger partial charge < -0.3 is 10.1 Å². The van der Waals surface area contributed by atoms with Gasteiger partial charge in [-0.2, -0.15) is 0 Å². The van der Waals surface area contributed by atoms with Gasteiger partial charge in [0, 0.05) is 13.2 Å². The van der Waals surface area contributed by atoms with Crippen molar-refractivity contribution in [3.8, 4) is 0 Å². The third-order valence-corrected chi connectivity index (χ3v) is 5.75. The number of tetrazole rings is 1. The Morgan fingerprint density at radius 2 is 2.40 bits per heavy atom. The van der Waals surface area contributed by atoms with Crippen LogP contribution in [0.1, 0.15) is 51.9 Å². The molecule has 0 radical (unpaired) electrons. The van der Waals surface area contributed by atoms with Crippen LogP contribution < -0.4 is 5.32 Å². The molecule has 2 aliphatic rings. The lowest BCUT2D eigenvalue weighted by atomic mass is 9.97. The molecule has 1 N–H and O–H groups in total. The van der Waals surface area contributed by atoms with Crippen LogP contribution in [0.2, 0.25) is 0 Å². The van der Waals surface area contributed by atoms with Gasteiger partial charge in [-0.05, 0) is 62.3 Å². The van der Waals surface area contributed by atoms with Gasteiger partial charge in [0.25, 0.3) is 0 Å². The number of hydrogen-bond acceptors (Lipinski definition) is 6. The van der Waals surface area contributed by atoms with E-state index in [1.54, 1.807) is 4.68 Å². The molecule has 1 aliphatic carbocycles. The molecule has 2 atom stereocenters. The van der Waals surface area contributed by atoms with Crippen LogP contribution in [-0.4, -0.2) is 50.6 Å². The summed E-state index contributed by atoms with van der Waals surface area (Å²) in [7, 11) is 0. The van der Waals surface area contributed by atoms with Crippen molar-refractivity contribution in [3.05, 3.63) is 11.6 Å². The molecule has 0 saturated carbocycles. The summed E-state index contributed by atoms with van der Waals surface area (Å²) in [5.41, 5.74) is 1.48. The number of hydrogen-bond donors (Lipinski definition) is 1. The first kappa shape index (κ1) is 18.4. The molecule has 8 heteroatoms. The molecule has 0 bridgehead atoms. The number of carbonyl (C=O) groups is 1. The van der Waals surface area contributed by atoms with Gasteiger partial charge in [0.15, 0.2) is 0 Å². The largest absolute Gasteiger partial charge is 0.376 e. The van der Waals surface area contributed by atoms with Gasteiger partial charge in [0.2, 0.25) is 11.1 Å². The summed E-state index contributed by atoms with van der Waals surface area (Å²) in [5, 5.41) is 15.3. The highest BCUT2D eigenvalue weighted by Crippen LogP contribution is 2.23. The van der Waals surface area contributed by atoms with Crippen LogP contribution in [0.15, 0.2) is 16.8 Å². The molecule has 25 heavy (non-hydrogen) atoms. The molecule has 1 aliphatic heterocycles. The van der Waals surface area contributed by atoms with Crippen LogP contribution in [0.5, 0.6) is 0 Å². The summed E-state index contributed by atoms with van der Waals surface area (Å²) in [6.45, 7) is 4.06. The Hall–Kier alpha value is -1.41. The fraction of sp³-hybridized carbons (Fsp3) is 0.765. The Labute approximate surface area is 153 Å². The second-order valence-electron chi connectivity index (χ2n) is 6.69. The predicted octanol–water partition coefficient (Wildman–Crippen LogP) is 2.34. The third-order valence-electron chi connectivity index (χ3n) is 4.68. The van der Waals surface area contributed by atoms with E-state index in [2.05, 4.69) is 26.9 Å². The van der Waals surface area contributed by atoms with Crippen molar-refractivity contribution in [3.63, 3.8) is 0 Å². The number of thioether (sulfide) groups is 1. The average molecular weight is 366 g/mol. The topological polar surface area (TPSA) is 81.9 Å². The minimum absolute atomic E-state index is 0.0353. The van der Waals surface area contributed by atoms with E-state index in [-0.39, 0.29) is 17.3 Å². The van der Waals surface area contributed by atoms with Crippen molar-refractivity contribution in [1.82, 2.24) is 25.5 Å². The summed E-state index contributed by atoms with van der Waals surface area (Å²) in [5.74, 6) is 0.0353. The highest BCUT2D eigenvalue weighted by atomic mass is 32.2. The first-order valence-electron chi connectivity index (χ1n) is 9.22. The van der Waals surface area contributed by atoms with Crippen LogP contribution in [0.3, 0.4) is 0 Å². The van der Waals surface area contributed by atoms with Crippen LogP contribution in [0, 0.1) is 0 Å². The minimum Gasteiger partial charge on any atom is -0.376 e. The maximum Gasteiger partial charge on any atom is 0.233 e. The molecular formula is C17H27N5O2S. The quantitative estimate of drug-likeness (QED) is 0.562. The van der Waals surface area contributed by atoms with Gasteiger partial charge in [-0.1, -0.05) is 23.4 Å². The molecule has 2 heterocycles. The number of allylic oxidation sites excluding steroid dienone is 1.